The largest absolute Gasteiger partial charge is 0.458 e. The second kappa shape index (κ2) is 21.1. The highest BCUT2D eigenvalue weighted by molar-refractivity contribution is 5.85. The average molecular weight is 1020 g/mol. The van der Waals surface area contributed by atoms with Gasteiger partial charge in [0.2, 0.25) is 0 Å². The molecule has 28 atom stereocenters. The van der Waals surface area contributed by atoms with E-state index in [1.807, 2.05) is 34.6 Å². The first kappa shape index (κ1) is 53.9. The van der Waals surface area contributed by atoms with Gasteiger partial charge in [0.1, 0.15) is 31.0 Å². The molecule has 9 fully saturated rings. The predicted molar refractivity (Wildman–Crippen MR) is 254 cm³/mol. The highest BCUT2D eigenvalue weighted by atomic mass is 16.8. The number of esters is 1. The molecule has 4 saturated carbocycles. The van der Waals surface area contributed by atoms with Crippen molar-refractivity contribution in [3.8, 4) is 0 Å². The summed E-state index contributed by atoms with van der Waals surface area (Å²) in [5.41, 5.74) is 0.152. The standard InChI is InChI=1S/C54H86O18/c1-25-26(2)63-47(23-42(25)69-51-41(59)20-43(28(4)67-51)70-50-40(58)19-37(55)27(3)66-50)72-49-30(6)65-46(22-39(49)57)71-48-29(5)64-45(21-38(48)56)68-33-11-14-52(7)32(18-33)9-10-36-35(52)12-15-53(8)34(13-16-54(36,53)61)31-17-44(60)62-24-31/h17,25-30,32-43,45-51,55-59,61H,9-16,18-24H2,1-8H3/t25?,26?,27?,28?,29?,30?,32-,33+,34-,35+,36-,37-,38?,39?,40-,41-,42?,43+,45?,46?,47?,48?,49?,50?,51?,52+,53-,54+/m1/s1. The van der Waals surface area contributed by atoms with Crippen LogP contribution in [0.5, 0.6) is 0 Å². The maximum absolute atomic E-state index is 12.6. The van der Waals surface area contributed by atoms with Crippen LogP contribution in [0.1, 0.15) is 145 Å². The van der Waals surface area contributed by atoms with Crippen LogP contribution in [-0.4, -0.2) is 172 Å². The van der Waals surface area contributed by atoms with Crippen LogP contribution in [-0.2, 0) is 56.9 Å². The fourth-order valence-electron chi connectivity index (χ4n) is 15.7. The van der Waals surface area contributed by atoms with Crippen LogP contribution in [0.15, 0.2) is 11.6 Å². The molecule has 10 aliphatic rings. The van der Waals surface area contributed by atoms with E-state index in [2.05, 4.69) is 13.8 Å². The Morgan fingerprint density at radius 2 is 1.15 bits per heavy atom. The van der Waals surface area contributed by atoms with Gasteiger partial charge in [-0.3, -0.25) is 0 Å². The minimum atomic E-state index is -1.03. The molecule has 0 aromatic carbocycles. The number of rotatable bonds is 11. The molecule has 410 valence electrons. The maximum atomic E-state index is 12.6. The minimum Gasteiger partial charge on any atom is -0.458 e. The number of cyclic esters (lactones) is 1. The monoisotopic (exact) mass is 1020 g/mol. The molecule has 0 bridgehead atoms. The van der Waals surface area contributed by atoms with Crippen molar-refractivity contribution in [2.75, 3.05) is 6.61 Å². The lowest BCUT2D eigenvalue weighted by atomic mass is 9.43. The van der Waals surface area contributed by atoms with Gasteiger partial charge in [-0.05, 0) is 127 Å². The van der Waals surface area contributed by atoms with Gasteiger partial charge in [0.05, 0.1) is 72.7 Å². The summed E-state index contributed by atoms with van der Waals surface area (Å²) in [6.45, 7) is 16.2. The summed E-state index contributed by atoms with van der Waals surface area (Å²) in [7, 11) is 0. The van der Waals surface area contributed by atoms with Crippen LogP contribution in [0.4, 0.5) is 0 Å². The topological polar surface area (TPSA) is 240 Å². The molecule has 5 saturated heterocycles. The van der Waals surface area contributed by atoms with E-state index in [1.54, 1.807) is 13.0 Å². The van der Waals surface area contributed by atoms with Gasteiger partial charge in [0, 0.05) is 49.5 Å². The number of hydrogen-bond donors (Lipinski definition) is 6. The van der Waals surface area contributed by atoms with Crippen LogP contribution in [0, 0.1) is 40.4 Å². The Morgan fingerprint density at radius 3 is 1.81 bits per heavy atom. The van der Waals surface area contributed by atoms with E-state index in [0.717, 1.165) is 63.4 Å². The normalized spacial score (nSPS) is 55.1. The Bertz CT molecular complexity index is 1900. The zero-order chi connectivity index (χ0) is 51.2. The molecule has 0 aromatic rings. The zero-order valence-electron chi connectivity index (χ0n) is 43.7. The molecule has 18 heteroatoms. The number of aliphatic hydroxyl groups is 6. The summed E-state index contributed by atoms with van der Waals surface area (Å²) in [6, 6.07) is 0. The van der Waals surface area contributed by atoms with Gasteiger partial charge in [-0.1, -0.05) is 20.8 Å². The maximum Gasteiger partial charge on any atom is 0.331 e. The first-order valence-electron chi connectivity index (χ1n) is 27.7. The number of aliphatic hydroxyl groups excluding tert-OH is 5. The number of hydrogen-bond acceptors (Lipinski definition) is 18. The highest BCUT2D eigenvalue weighted by Crippen LogP contribution is 2.70. The quantitative estimate of drug-likeness (QED) is 0.125. The van der Waals surface area contributed by atoms with Crippen LogP contribution >= 0.6 is 0 Å². The zero-order valence-corrected chi connectivity index (χ0v) is 43.7. The second-order valence-corrected chi connectivity index (χ2v) is 24.5. The third-order valence-corrected chi connectivity index (χ3v) is 20.3. The molecule has 72 heavy (non-hydrogen) atoms. The van der Waals surface area contributed by atoms with E-state index in [9.17, 15) is 35.4 Å². The summed E-state index contributed by atoms with van der Waals surface area (Å²) in [5.74, 6) is 0.978. The molecule has 0 spiro atoms. The van der Waals surface area contributed by atoms with E-state index in [1.165, 1.54) is 0 Å². The van der Waals surface area contributed by atoms with Gasteiger partial charge in [-0.25, -0.2) is 4.79 Å². The molecule has 0 radical (unpaired) electrons. The van der Waals surface area contributed by atoms with Crippen molar-refractivity contribution in [3.63, 3.8) is 0 Å². The summed E-state index contributed by atoms with van der Waals surface area (Å²) in [5, 5.41) is 67.3. The van der Waals surface area contributed by atoms with E-state index < -0.39 is 116 Å². The molecule has 0 amide bonds. The number of fused-ring (bicyclic) bond motifs is 5. The van der Waals surface area contributed by atoms with Crippen molar-refractivity contribution in [2.45, 2.75) is 274 Å². The molecule has 18 nitrogen and oxygen atoms in total. The Kier molecular flexibility index (Phi) is 15.8. The van der Waals surface area contributed by atoms with Gasteiger partial charge >= 0.3 is 5.97 Å². The van der Waals surface area contributed by atoms with Gasteiger partial charge in [0.25, 0.3) is 0 Å². The van der Waals surface area contributed by atoms with Gasteiger partial charge in [-0.15, -0.1) is 0 Å². The summed E-state index contributed by atoms with van der Waals surface area (Å²) >= 11 is 0. The molecular weight excluding hydrogens is 937 g/mol. The average Bonchev–Trinajstić information content (AvgIpc) is 3.87. The van der Waals surface area contributed by atoms with Crippen LogP contribution in [0.2, 0.25) is 0 Å². The van der Waals surface area contributed by atoms with E-state index >= 15 is 0 Å². The van der Waals surface area contributed by atoms with Gasteiger partial charge < -0.3 is 82.7 Å². The molecule has 16 unspecified atom stereocenters. The molecule has 6 N–H and O–H groups in total. The molecule has 6 aliphatic heterocycles. The molecular formula is C54H86O18. The molecule has 6 heterocycles. The summed E-state index contributed by atoms with van der Waals surface area (Å²) in [6.07, 6.45) is -2.38. The highest BCUT2D eigenvalue weighted by Gasteiger charge is 2.68. The number of carbonyl (C=O) groups is 1. The molecule has 4 aliphatic carbocycles. The van der Waals surface area contributed by atoms with Crippen LogP contribution < -0.4 is 0 Å². The first-order chi connectivity index (χ1) is 34.1. The van der Waals surface area contributed by atoms with Crippen molar-refractivity contribution >= 4 is 5.97 Å². The lowest BCUT2D eigenvalue weighted by Gasteiger charge is -2.64. The van der Waals surface area contributed by atoms with Gasteiger partial charge in [0.15, 0.2) is 31.5 Å². The Morgan fingerprint density at radius 1 is 0.542 bits per heavy atom. The Hall–Kier alpha value is -1.43. The first-order valence-corrected chi connectivity index (χ1v) is 27.7. The van der Waals surface area contributed by atoms with E-state index in [4.69, 9.17) is 52.1 Å². The lowest BCUT2D eigenvalue weighted by molar-refractivity contribution is -0.348. The van der Waals surface area contributed by atoms with E-state index in [0.29, 0.717) is 24.9 Å². The van der Waals surface area contributed by atoms with Crippen molar-refractivity contribution in [1.29, 1.82) is 0 Å². The predicted octanol–water partition coefficient (Wildman–Crippen LogP) is 4.28. The number of carbonyl (C=O) groups excluding carboxylic acids is 1. The van der Waals surface area contributed by atoms with Crippen molar-refractivity contribution in [2.24, 2.45) is 40.4 Å². The molecule has 0 aromatic heterocycles. The Balaban J connectivity index is 0.673. The van der Waals surface area contributed by atoms with Crippen molar-refractivity contribution < 1.29 is 87.5 Å². The third-order valence-electron chi connectivity index (χ3n) is 20.3. The minimum absolute atomic E-state index is 0.000803. The van der Waals surface area contributed by atoms with Gasteiger partial charge in [-0.2, -0.15) is 0 Å². The van der Waals surface area contributed by atoms with Crippen LogP contribution in [0.25, 0.3) is 0 Å². The molecule has 10 rings (SSSR count). The summed E-state index contributed by atoms with van der Waals surface area (Å²) in [4.78, 5) is 12.0. The van der Waals surface area contributed by atoms with Crippen molar-refractivity contribution in [1.82, 2.24) is 0 Å². The lowest BCUT2D eigenvalue weighted by Crippen LogP contribution is -2.62. The summed E-state index contributed by atoms with van der Waals surface area (Å²) < 4.78 is 68.1. The fourth-order valence-corrected chi connectivity index (χ4v) is 15.7. The smallest absolute Gasteiger partial charge is 0.331 e. The van der Waals surface area contributed by atoms with Crippen molar-refractivity contribution in [3.05, 3.63) is 11.6 Å². The third kappa shape index (κ3) is 10.2. The Labute approximate surface area is 425 Å². The van der Waals surface area contributed by atoms with Crippen LogP contribution in [0.3, 0.4) is 0 Å². The number of ether oxygens (including phenoxy) is 11. The SMILES string of the molecule is CC1OC(OC2C(O)CC(OC3C(O)CC(O[C@H]4CC[C@@]5(C)[C@H](CC[C@@H]6[C@@H]5CC[C@]5(C)[C@@H](C7=CC(=O)OC7)CC[C@]65O)C4)OC3C)OC2C)CC(OC2OC(C)[C@@H](OC3OC(C)[C@H](O)C[C@H]3O)C[C@H]2O)C1C. The van der Waals surface area contributed by atoms with E-state index in [-0.39, 0.29) is 72.4 Å². The fraction of sp³-hybridized carbons (Fsp3) is 0.944. The second-order valence-electron chi connectivity index (χ2n) is 24.5.